The van der Waals surface area contributed by atoms with Gasteiger partial charge in [-0.15, -0.1) is 10.2 Å². The Kier molecular flexibility index (Phi) is 4.78. The van der Waals surface area contributed by atoms with Gasteiger partial charge in [0.15, 0.2) is 0 Å². The van der Waals surface area contributed by atoms with E-state index < -0.39 is 6.04 Å². The van der Waals surface area contributed by atoms with Gasteiger partial charge in [0.1, 0.15) is 6.04 Å². The molecule has 1 amide bonds. The zero-order valence-electron chi connectivity index (χ0n) is 12.6. The maximum atomic E-state index is 12.4. The molecule has 3 rings (SSSR count). The fourth-order valence-corrected chi connectivity index (χ4v) is 2.38. The number of tetrazole rings is 1. The molecule has 8 heteroatoms. The van der Waals surface area contributed by atoms with Crippen LogP contribution in [0.2, 0.25) is 10.0 Å². The summed E-state index contributed by atoms with van der Waals surface area (Å²) in [6.45, 7) is 1.67. The van der Waals surface area contributed by atoms with Crippen molar-refractivity contribution in [3.8, 4) is 11.4 Å². The molecule has 0 saturated carbocycles. The number of aromatic nitrogens is 4. The molecule has 0 radical (unpaired) electrons. The number of benzene rings is 2. The molecule has 24 heavy (non-hydrogen) atoms. The molecule has 122 valence electrons. The summed E-state index contributed by atoms with van der Waals surface area (Å²) in [7, 11) is 0. The third kappa shape index (κ3) is 3.39. The normalized spacial score (nSPS) is 12.0. The number of hydrogen-bond acceptors (Lipinski definition) is 4. The third-order valence-electron chi connectivity index (χ3n) is 3.40. The summed E-state index contributed by atoms with van der Waals surface area (Å²) >= 11 is 12.0. The van der Waals surface area contributed by atoms with Gasteiger partial charge in [0.25, 0.3) is 5.91 Å². The van der Waals surface area contributed by atoms with Crippen molar-refractivity contribution >= 4 is 34.8 Å². The SMILES string of the molecule is CC(C(=O)Nc1cccc(Cl)c1Cl)n1nnc(-c2ccccc2)n1. The first kappa shape index (κ1) is 16.4. The molecular weight excluding hydrogens is 349 g/mol. The van der Waals surface area contributed by atoms with E-state index in [-0.39, 0.29) is 10.9 Å². The molecule has 1 N–H and O–H groups in total. The second kappa shape index (κ2) is 6.98. The van der Waals surface area contributed by atoms with E-state index in [1.165, 1.54) is 4.80 Å². The number of amides is 1. The van der Waals surface area contributed by atoms with E-state index in [2.05, 4.69) is 20.7 Å². The summed E-state index contributed by atoms with van der Waals surface area (Å²) in [5.41, 5.74) is 1.26. The van der Waals surface area contributed by atoms with Gasteiger partial charge in [0, 0.05) is 5.56 Å². The Morgan fingerprint density at radius 3 is 2.62 bits per heavy atom. The van der Waals surface area contributed by atoms with E-state index in [1.54, 1.807) is 25.1 Å². The predicted molar refractivity (Wildman–Crippen MR) is 93.1 cm³/mol. The van der Waals surface area contributed by atoms with Gasteiger partial charge in [-0.2, -0.15) is 4.80 Å². The van der Waals surface area contributed by atoms with Gasteiger partial charge in [-0.25, -0.2) is 0 Å². The predicted octanol–water partition coefficient (Wildman–Crippen LogP) is 3.85. The topological polar surface area (TPSA) is 72.7 Å². The lowest BCUT2D eigenvalue weighted by atomic mass is 10.2. The lowest BCUT2D eigenvalue weighted by Gasteiger charge is -2.12. The lowest BCUT2D eigenvalue weighted by molar-refractivity contribution is -0.119. The summed E-state index contributed by atoms with van der Waals surface area (Å²) in [4.78, 5) is 13.6. The number of carbonyl (C=O) groups excluding carboxylic acids is 1. The largest absolute Gasteiger partial charge is 0.323 e. The fraction of sp³-hybridized carbons (Fsp3) is 0.125. The van der Waals surface area contributed by atoms with E-state index in [0.717, 1.165) is 5.56 Å². The lowest BCUT2D eigenvalue weighted by Crippen LogP contribution is -2.25. The van der Waals surface area contributed by atoms with E-state index in [0.29, 0.717) is 16.5 Å². The van der Waals surface area contributed by atoms with Crippen LogP contribution in [0.5, 0.6) is 0 Å². The van der Waals surface area contributed by atoms with E-state index in [1.807, 2.05) is 30.3 Å². The second-order valence-electron chi connectivity index (χ2n) is 5.07. The number of hydrogen-bond donors (Lipinski definition) is 1. The van der Waals surface area contributed by atoms with Crippen molar-refractivity contribution in [2.45, 2.75) is 13.0 Å². The van der Waals surface area contributed by atoms with Crippen LogP contribution in [0.1, 0.15) is 13.0 Å². The van der Waals surface area contributed by atoms with Crippen molar-refractivity contribution in [1.29, 1.82) is 0 Å². The molecule has 1 atom stereocenters. The summed E-state index contributed by atoms with van der Waals surface area (Å²) < 4.78 is 0. The average Bonchev–Trinajstić information content (AvgIpc) is 3.09. The third-order valence-corrected chi connectivity index (χ3v) is 4.21. The van der Waals surface area contributed by atoms with Gasteiger partial charge < -0.3 is 5.32 Å². The highest BCUT2D eigenvalue weighted by molar-refractivity contribution is 6.44. The molecule has 0 bridgehead atoms. The van der Waals surface area contributed by atoms with Crippen LogP contribution in [0, 0.1) is 0 Å². The van der Waals surface area contributed by atoms with Crippen LogP contribution in [0.4, 0.5) is 5.69 Å². The Hall–Kier alpha value is -2.44. The minimum absolute atomic E-state index is 0.288. The number of carbonyl (C=O) groups is 1. The minimum Gasteiger partial charge on any atom is -0.323 e. The first-order valence-corrected chi connectivity index (χ1v) is 7.91. The summed E-state index contributed by atoms with van der Waals surface area (Å²) in [5, 5.41) is 15.6. The van der Waals surface area contributed by atoms with Crippen molar-refractivity contribution in [1.82, 2.24) is 20.2 Å². The van der Waals surface area contributed by atoms with Gasteiger partial charge in [-0.3, -0.25) is 4.79 Å². The molecular formula is C16H13Cl2N5O. The zero-order valence-corrected chi connectivity index (χ0v) is 14.2. The first-order valence-electron chi connectivity index (χ1n) is 7.16. The molecule has 1 heterocycles. The highest BCUT2D eigenvalue weighted by atomic mass is 35.5. The Labute approximate surface area is 148 Å². The van der Waals surface area contributed by atoms with Gasteiger partial charge in [0.2, 0.25) is 5.82 Å². The van der Waals surface area contributed by atoms with E-state index in [9.17, 15) is 4.79 Å². The molecule has 0 aliphatic rings. The number of halogens is 2. The van der Waals surface area contributed by atoms with Crippen LogP contribution in [-0.4, -0.2) is 26.1 Å². The Morgan fingerprint density at radius 2 is 1.88 bits per heavy atom. The average molecular weight is 362 g/mol. The van der Waals surface area contributed by atoms with Crippen molar-refractivity contribution < 1.29 is 4.79 Å². The monoisotopic (exact) mass is 361 g/mol. The Bertz CT molecular complexity index is 866. The van der Waals surface area contributed by atoms with E-state index >= 15 is 0 Å². The standard InChI is InChI=1S/C16H13Cl2N5O/c1-10(16(24)19-13-9-5-8-12(17)14(13)18)23-21-15(20-22-23)11-6-3-2-4-7-11/h2-10H,1H3,(H,19,24). The highest BCUT2D eigenvalue weighted by Crippen LogP contribution is 2.30. The molecule has 1 unspecified atom stereocenters. The maximum absolute atomic E-state index is 12.4. The van der Waals surface area contributed by atoms with Crippen molar-refractivity contribution in [2.24, 2.45) is 0 Å². The van der Waals surface area contributed by atoms with Crippen LogP contribution in [0.15, 0.2) is 48.5 Å². The van der Waals surface area contributed by atoms with Crippen LogP contribution in [0.3, 0.4) is 0 Å². The fourth-order valence-electron chi connectivity index (χ4n) is 2.03. The van der Waals surface area contributed by atoms with Gasteiger partial charge in [0.05, 0.1) is 15.7 Å². The zero-order chi connectivity index (χ0) is 17.1. The molecule has 0 aliphatic carbocycles. The quantitative estimate of drug-likeness (QED) is 0.765. The van der Waals surface area contributed by atoms with Crippen LogP contribution < -0.4 is 5.32 Å². The van der Waals surface area contributed by atoms with Crippen molar-refractivity contribution in [3.63, 3.8) is 0 Å². The van der Waals surface area contributed by atoms with E-state index in [4.69, 9.17) is 23.2 Å². The summed E-state index contributed by atoms with van der Waals surface area (Å²) in [6, 6.07) is 13.8. The number of nitrogens with one attached hydrogen (secondary N) is 1. The molecule has 0 spiro atoms. The molecule has 0 fully saturated rings. The smallest absolute Gasteiger partial charge is 0.250 e. The number of rotatable bonds is 4. The van der Waals surface area contributed by atoms with Gasteiger partial charge >= 0.3 is 0 Å². The molecule has 0 saturated heterocycles. The first-order chi connectivity index (χ1) is 11.6. The second-order valence-corrected chi connectivity index (χ2v) is 5.85. The van der Waals surface area contributed by atoms with Crippen LogP contribution >= 0.6 is 23.2 Å². The summed E-state index contributed by atoms with van der Waals surface area (Å²) in [5.74, 6) is 0.132. The minimum atomic E-state index is -0.662. The van der Waals surface area contributed by atoms with Crippen LogP contribution in [0.25, 0.3) is 11.4 Å². The van der Waals surface area contributed by atoms with Crippen molar-refractivity contribution in [3.05, 3.63) is 58.6 Å². The molecule has 1 aromatic heterocycles. The molecule has 0 aliphatic heterocycles. The summed E-state index contributed by atoms with van der Waals surface area (Å²) in [6.07, 6.45) is 0. The van der Waals surface area contributed by atoms with Crippen molar-refractivity contribution in [2.75, 3.05) is 5.32 Å². The Morgan fingerprint density at radius 1 is 1.12 bits per heavy atom. The van der Waals surface area contributed by atoms with Gasteiger partial charge in [-0.05, 0) is 24.3 Å². The molecule has 2 aromatic carbocycles. The molecule has 6 nitrogen and oxygen atoms in total. The van der Waals surface area contributed by atoms with Crippen LogP contribution in [-0.2, 0) is 4.79 Å². The molecule has 3 aromatic rings. The Balaban J connectivity index is 1.77. The number of nitrogens with zero attached hydrogens (tertiary/aromatic N) is 4. The maximum Gasteiger partial charge on any atom is 0.250 e. The van der Waals surface area contributed by atoms with Gasteiger partial charge in [-0.1, -0.05) is 59.6 Å². The highest BCUT2D eigenvalue weighted by Gasteiger charge is 2.20. The number of anilines is 1.